The van der Waals surface area contributed by atoms with E-state index >= 15 is 0 Å². The van der Waals surface area contributed by atoms with E-state index in [0.29, 0.717) is 28.1 Å². The zero-order valence-electron chi connectivity index (χ0n) is 14.4. The molecule has 8 nitrogen and oxygen atoms in total. The van der Waals surface area contributed by atoms with Gasteiger partial charge in [0.15, 0.2) is 0 Å². The highest BCUT2D eigenvalue weighted by Crippen LogP contribution is 2.20. The van der Waals surface area contributed by atoms with Crippen molar-refractivity contribution in [3.63, 3.8) is 0 Å². The van der Waals surface area contributed by atoms with Crippen molar-refractivity contribution < 1.29 is 23.5 Å². The number of imidazole rings is 1. The van der Waals surface area contributed by atoms with E-state index in [4.69, 9.17) is 25.5 Å². The Labute approximate surface area is 163 Å². The summed E-state index contributed by atoms with van der Waals surface area (Å²) < 4.78 is 10.6. The zero-order chi connectivity index (χ0) is 19.7. The van der Waals surface area contributed by atoms with Crippen LogP contribution in [0.1, 0.15) is 32.4 Å². The number of carbonyl (C=O) groups excluding carboxylic acids is 1. The average Bonchev–Trinajstić information content (AvgIpc) is 3.40. The molecule has 28 heavy (non-hydrogen) atoms. The van der Waals surface area contributed by atoms with E-state index in [1.807, 2.05) is 0 Å². The minimum atomic E-state index is -1.17. The third kappa shape index (κ3) is 3.63. The van der Waals surface area contributed by atoms with E-state index in [-0.39, 0.29) is 30.0 Å². The number of carbonyl (C=O) groups is 2. The number of nitrogens with one attached hydrogen (secondary N) is 1. The number of aromatic carboxylic acids is 1. The number of rotatable bonds is 6. The molecule has 0 atom stereocenters. The van der Waals surface area contributed by atoms with Crippen molar-refractivity contribution in [1.29, 1.82) is 0 Å². The molecule has 0 aliphatic carbocycles. The molecule has 0 unspecified atom stereocenters. The number of amides is 1. The normalized spacial score (nSPS) is 11.0. The molecule has 0 spiro atoms. The zero-order valence-corrected chi connectivity index (χ0v) is 15.1. The fraction of sp³-hybridized carbons (Fsp3) is 0.105. The van der Waals surface area contributed by atoms with E-state index in [0.717, 1.165) is 0 Å². The number of aromatic nitrogens is 2. The van der Waals surface area contributed by atoms with Gasteiger partial charge in [0.05, 0.1) is 30.4 Å². The van der Waals surface area contributed by atoms with Crippen LogP contribution in [-0.4, -0.2) is 31.9 Å². The molecular weight excluding hydrogens is 386 g/mol. The first kappa shape index (κ1) is 17.9. The van der Waals surface area contributed by atoms with Gasteiger partial charge >= 0.3 is 5.97 Å². The number of carboxylic acids is 1. The summed E-state index contributed by atoms with van der Waals surface area (Å²) in [6.45, 7) is 0.269. The number of hydrogen-bond acceptors (Lipinski definition) is 5. The van der Waals surface area contributed by atoms with Crippen molar-refractivity contribution in [2.45, 2.75) is 13.1 Å². The number of halogens is 1. The van der Waals surface area contributed by atoms with E-state index in [1.165, 1.54) is 23.3 Å². The summed E-state index contributed by atoms with van der Waals surface area (Å²) in [5.74, 6) is -0.699. The lowest BCUT2D eigenvalue weighted by Crippen LogP contribution is -2.29. The molecule has 0 saturated carbocycles. The number of furan rings is 2. The maximum Gasteiger partial charge on any atom is 0.371 e. The van der Waals surface area contributed by atoms with Crippen molar-refractivity contribution in [2.75, 3.05) is 0 Å². The van der Waals surface area contributed by atoms with Crippen molar-refractivity contribution in [3.05, 3.63) is 76.9 Å². The van der Waals surface area contributed by atoms with Crippen LogP contribution in [-0.2, 0) is 13.1 Å². The van der Waals surface area contributed by atoms with Gasteiger partial charge in [0, 0.05) is 5.56 Å². The largest absolute Gasteiger partial charge is 0.475 e. The average molecular weight is 400 g/mol. The number of benzene rings is 1. The Morgan fingerprint density at radius 2 is 1.96 bits per heavy atom. The summed E-state index contributed by atoms with van der Waals surface area (Å²) in [5.41, 5.74) is 1.71. The lowest BCUT2D eigenvalue weighted by molar-refractivity contribution is 0.0653. The van der Waals surface area contributed by atoms with Gasteiger partial charge in [-0.2, -0.15) is 0 Å². The van der Waals surface area contributed by atoms with Crippen LogP contribution in [0.3, 0.4) is 0 Å². The molecule has 4 aromatic rings. The molecular formula is C19H14ClN3O5. The molecule has 3 heterocycles. The van der Waals surface area contributed by atoms with Gasteiger partial charge in [-0.25, -0.2) is 9.78 Å². The lowest BCUT2D eigenvalue weighted by Gasteiger charge is -2.20. The minimum absolute atomic E-state index is 0.0780. The van der Waals surface area contributed by atoms with E-state index in [2.05, 4.69) is 9.97 Å². The van der Waals surface area contributed by atoms with E-state index < -0.39 is 5.97 Å². The molecule has 3 aromatic heterocycles. The second kappa shape index (κ2) is 7.24. The van der Waals surface area contributed by atoms with Crippen LogP contribution in [0.25, 0.3) is 11.0 Å². The quantitative estimate of drug-likeness (QED) is 0.507. The van der Waals surface area contributed by atoms with Crippen LogP contribution >= 0.6 is 11.6 Å². The molecule has 1 aromatic carbocycles. The Hall–Kier alpha value is -3.52. The predicted octanol–water partition coefficient (Wildman–Crippen LogP) is 3.94. The Balaban J connectivity index is 1.64. The summed E-state index contributed by atoms with van der Waals surface area (Å²) in [5, 5.41) is 9.26. The molecule has 9 heteroatoms. The third-order valence-corrected chi connectivity index (χ3v) is 4.31. The number of aromatic amines is 1. The fourth-order valence-electron chi connectivity index (χ4n) is 2.85. The van der Waals surface area contributed by atoms with E-state index in [1.54, 1.807) is 30.3 Å². The first-order valence-electron chi connectivity index (χ1n) is 8.28. The molecule has 0 aliphatic rings. The number of nitrogens with zero attached hydrogens (tertiary/aromatic N) is 2. The number of fused-ring (bicyclic) bond motifs is 1. The van der Waals surface area contributed by atoms with Crippen LogP contribution in [0.2, 0.25) is 5.28 Å². The minimum Gasteiger partial charge on any atom is -0.475 e. The van der Waals surface area contributed by atoms with Crippen molar-refractivity contribution in [2.24, 2.45) is 0 Å². The Kier molecular flexibility index (Phi) is 4.62. The van der Waals surface area contributed by atoms with Gasteiger partial charge in [-0.1, -0.05) is 0 Å². The summed E-state index contributed by atoms with van der Waals surface area (Å²) in [7, 11) is 0. The Morgan fingerprint density at radius 3 is 2.68 bits per heavy atom. The fourth-order valence-corrected chi connectivity index (χ4v) is 3.04. The molecule has 0 aliphatic heterocycles. The number of H-pyrrole nitrogens is 1. The van der Waals surface area contributed by atoms with Gasteiger partial charge in [-0.15, -0.1) is 0 Å². The van der Waals surface area contributed by atoms with Crippen LogP contribution < -0.4 is 0 Å². The summed E-state index contributed by atoms with van der Waals surface area (Å²) in [6, 6.07) is 11.4. The van der Waals surface area contributed by atoms with Gasteiger partial charge in [0.25, 0.3) is 5.91 Å². The van der Waals surface area contributed by atoms with Gasteiger partial charge in [-0.05, 0) is 54.1 Å². The molecule has 4 rings (SSSR count). The number of hydrogen-bond donors (Lipinski definition) is 2. The van der Waals surface area contributed by atoms with Gasteiger partial charge < -0.3 is 23.8 Å². The topological polar surface area (TPSA) is 113 Å². The van der Waals surface area contributed by atoms with Crippen LogP contribution in [0.4, 0.5) is 0 Å². The molecule has 142 valence electrons. The standard InChI is InChI=1S/C19H14ClN3O5/c20-19-21-14-5-3-11(8-15(14)22-19)17(24)23(9-12-2-1-7-27-12)10-13-4-6-16(28-13)18(25)26/h1-8H,9-10H2,(H,21,22)(H,25,26). The summed E-state index contributed by atoms with van der Waals surface area (Å²) >= 11 is 5.87. The highest BCUT2D eigenvalue weighted by Gasteiger charge is 2.21. The maximum atomic E-state index is 13.1. The third-order valence-electron chi connectivity index (χ3n) is 4.13. The van der Waals surface area contributed by atoms with Gasteiger partial charge in [0.2, 0.25) is 11.0 Å². The maximum absolute atomic E-state index is 13.1. The predicted molar refractivity (Wildman–Crippen MR) is 99.1 cm³/mol. The Morgan fingerprint density at radius 1 is 1.14 bits per heavy atom. The van der Waals surface area contributed by atoms with Crippen LogP contribution in [0, 0.1) is 0 Å². The van der Waals surface area contributed by atoms with Crippen molar-refractivity contribution in [1.82, 2.24) is 14.9 Å². The van der Waals surface area contributed by atoms with Crippen molar-refractivity contribution in [3.8, 4) is 0 Å². The second-order valence-electron chi connectivity index (χ2n) is 6.07. The van der Waals surface area contributed by atoms with Gasteiger partial charge in [-0.3, -0.25) is 4.79 Å². The Bertz CT molecular complexity index is 1150. The molecule has 0 fully saturated rings. The number of carboxylic acid groups (broad SMARTS) is 1. The molecule has 2 N–H and O–H groups in total. The molecule has 0 bridgehead atoms. The highest BCUT2D eigenvalue weighted by atomic mass is 35.5. The summed E-state index contributed by atoms with van der Waals surface area (Å²) in [6.07, 6.45) is 1.52. The van der Waals surface area contributed by atoms with Crippen molar-refractivity contribution >= 4 is 34.5 Å². The summed E-state index contributed by atoms with van der Waals surface area (Å²) in [4.78, 5) is 32.6. The molecule has 1 amide bonds. The SMILES string of the molecule is O=C(O)c1ccc(CN(Cc2ccco2)C(=O)c2ccc3nc(Cl)[nH]c3c2)o1. The molecule has 0 saturated heterocycles. The second-order valence-corrected chi connectivity index (χ2v) is 6.43. The highest BCUT2D eigenvalue weighted by molar-refractivity contribution is 6.29. The first-order chi connectivity index (χ1) is 13.5. The monoisotopic (exact) mass is 399 g/mol. The molecule has 0 radical (unpaired) electrons. The van der Waals surface area contributed by atoms with Crippen LogP contribution in [0.5, 0.6) is 0 Å². The first-order valence-corrected chi connectivity index (χ1v) is 8.66. The van der Waals surface area contributed by atoms with E-state index in [9.17, 15) is 9.59 Å². The van der Waals surface area contributed by atoms with Crippen LogP contribution in [0.15, 0.2) is 57.6 Å². The lowest BCUT2D eigenvalue weighted by atomic mass is 10.1. The smallest absolute Gasteiger partial charge is 0.371 e. The van der Waals surface area contributed by atoms with Gasteiger partial charge in [0.1, 0.15) is 11.5 Å².